The van der Waals surface area contributed by atoms with Crippen LogP contribution in [0.25, 0.3) is 0 Å². The van der Waals surface area contributed by atoms with Gasteiger partial charge in [-0.1, -0.05) is 51.5 Å². The smallest absolute Gasteiger partial charge is 0.176 e. The molecule has 1 aliphatic rings. The molecule has 1 aromatic carbocycles. The summed E-state index contributed by atoms with van der Waals surface area (Å²) in [6.07, 6.45) is 5.08. The van der Waals surface area contributed by atoms with Gasteiger partial charge in [0.15, 0.2) is 5.78 Å². The Labute approximate surface area is 129 Å². The lowest BCUT2D eigenvalue weighted by Crippen LogP contribution is -2.31. The molecular formula is C19H29NO. The molecule has 0 N–H and O–H groups in total. The van der Waals surface area contributed by atoms with Crippen LogP contribution in [0.4, 0.5) is 0 Å². The van der Waals surface area contributed by atoms with Crippen LogP contribution in [0.15, 0.2) is 24.3 Å². The number of rotatable bonds is 5. The van der Waals surface area contributed by atoms with E-state index in [2.05, 4.69) is 37.8 Å². The average Bonchev–Trinajstić information content (AvgIpc) is 2.72. The Morgan fingerprint density at radius 1 is 1.19 bits per heavy atom. The summed E-state index contributed by atoms with van der Waals surface area (Å²) in [5.74, 6) is 1.64. The fraction of sp³-hybridized carbons (Fsp3) is 0.632. The molecule has 2 rings (SSSR count). The molecule has 0 aliphatic carbocycles. The minimum Gasteiger partial charge on any atom is -0.296 e. The van der Waals surface area contributed by atoms with Gasteiger partial charge in [0.05, 0.1) is 6.54 Å². The maximum atomic E-state index is 12.4. The van der Waals surface area contributed by atoms with Gasteiger partial charge < -0.3 is 0 Å². The summed E-state index contributed by atoms with van der Waals surface area (Å²) in [7, 11) is 0. The molecule has 1 aliphatic heterocycles. The summed E-state index contributed by atoms with van der Waals surface area (Å²) < 4.78 is 0. The number of hydrogen-bond donors (Lipinski definition) is 0. The standard InChI is InChI=1S/C19H29NO/c1-4-16-6-5-12-20(13-11-16)14-19(21)18-9-7-17(8-10-18)15(2)3/h7-10,15-16H,4-6,11-14H2,1-3H3. The van der Waals surface area contributed by atoms with Gasteiger partial charge in [-0.2, -0.15) is 0 Å². The molecule has 1 saturated heterocycles. The van der Waals surface area contributed by atoms with Crippen LogP contribution in [-0.2, 0) is 0 Å². The highest BCUT2D eigenvalue weighted by atomic mass is 16.1. The van der Waals surface area contributed by atoms with Gasteiger partial charge in [-0.3, -0.25) is 9.69 Å². The van der Waals surface area contributed by atoms with Crippen LogP contribution in [0, 0.1) is 5.92 Å². The molecule has 21 heavy (non-hydrogen) atoms. The third-order valence-electron chi connectivity index (χ3n) is 4.78. The first-order valence-corrected chi connectivity index (χ1v) is 8.45. The van der Waals surface area contributed by atoms with Crippen molar-refractivity contribution in [2.75, 3.05) is 19.6 Å². The molecule has 2 heteroatoms. The van der Waals surface area contributed by atoms with E-state index in [-0.39, 0.29) is 5.78 Å². The van der Waals surface area contributed by atoms with Gasteiger partial charge in [0, 0.05) is 5.56 Å². The number of carbonyl (C=O) groups is 1. The second-order valence-corrected chi connectivity index (χ2v) is 6.68. The molecule has 0 saturated carbocycles. The summed E-state index contributed by atoms with van der Waals surface area (Å²) in [4.78, 5) is 14.8. The molecule has 0 aromatic heterocycles. The lowest BCUT2D eigenvalue weighted by molar-refractivity contribution is 0.0932. The lowest BCUT2D eigenvalue weighted by Gasteiger charge is -2.19. The third-order valence-corrected chi connectivity index (χ3v) is 4.78. The summed E-state index contributed by atoms with van der Waals surface area (Å²) >= 11 is 0. The Hall–Kier alpha value is -1.15. The summed E-state index contributed by atoms with van der Waals surface area (Å²) in [6, 6.07) is 8.16. The molecule has 1 heterocycles. The minimum atomic E-state index is 0.264. The first kappa shape index (κ1) is 16.2. The largest absolute Gasteiger partial charge is 0.296 e. The zero-order valence-corrected chi connectivity index (χ0v) is 13.8. The predicted octanol–water partition coefficient (Wildman–Crippen LogP) is 4.50. The van der Waals surface area contributed by atoms with Crippen molar-refractivity contribution in [1.29, 1.82) is 0 Å². The van der Waals surface area contributed by atoms with Crippen LogP contribution in [0.1, 0.15) is 68.3 Å². The summed E-state index contributed by atoms with van der Waals surface area (Å²) in [5, 5.41) is 0. The van der Waals surface area contributed by atoms with Crippen molar-refractivity contribution in [1.82, 2.24) is 4.90 Å². The van der Waals surface area contributed by atoms with Crippen LogP contribution in [0.3, 0.4) is 0 Å². The summed E-state index contributed by atoms with van der Waals surface area (Å²) in [6.45, 7) is 9.37. The normalized spacial score (nSPS) is 20.5. The van der Waals surface area contributed by atoms with E-state index in [9.17, 15) is 4.79 Å². The van der Waals surface area contributed by atoms with Gasteiger partial charge in [-0.15, -0.1) is 0 Å². The number of hydrogen-bond acceptors (Lipinski definition) is 2. The first-order chi connectivity index (χ1) is 10.1. The van der Waals surface area contributed by atoms with Crippen molar-refractivity contribution in [3.63, 3.8) is 0 Å². The van der Waals surface area contributed by atoms with Crippen molar-refractivity contribution in [3.8, 4) is 0 Å². The third kappa shape index (κ3) is 4.67. The fourth-order valence-corrected chi connectivity index (χ4v) is 3.14. The van der Waals surface area contributed by atoms with Crippen LogP contribution in [0.5, 0.6) is 0 Å². The molecule has 116 valence electrons. The SMILES string of the molecule is CCC1CCCN(CC(=O)c2ccc(C(C)C)cc2)CC1. The van der Waals surface area contributed by atoms with Crippen molar-refractivity contribution in [3.05, 3.63) is 35.4 Å². The zero-order chi connectivity index (χ0) is 15.2. The van der Waals surface area contributed by atoms with Crippen LogP contribution in [-0.4, -0.2) is 30.3 Å². The lowest BCUT2D eigenvalue weighted by atomic mass is 9.98. The van der Waals surface area contributed by atoms with E-state index in [1.165, 1.54) is 31.2 Å². The highest BCUT2D eigenvalue weighted by Gasteiger charge is 2.18. The average molecular weight is 287 g/mol. The van der Waals surface area contributed by atoms with Gasteiger partial charge in [0.2, 0.25) is 0 Å². The van der Waals surface area contributed by atoms with Crippen LogP contribution < -0.4 is 0 Å². The molecule has 2 nitrogen and oxygen atoms in total. The van der Waals surface area contributed by atoms with Crippen molar-refractivity contribution >= 4 is 5.78 Å². The van der Waals surface area contributed by atoms with Crippen molar-refractivity contribution < 1.29 is 4.79 Å². The number of nitrogens with zero attached hydrogens (tertiary/aromatic N) is 1. The monoisotopic (exact) mass is 287 g/mol. The van der Waals surface area contributed by atoms with Gasteiger partial charge in [-0.25, -0.2) is 0 Å². The Bertz CT molecular complexity index is 449. The van der Waals surface area contributed by atoms with E-state index in [0.29, 0.717) is 12.5 Å². The maximum Gasteiger partial charge on any atom is 0.176 e. The van der Waals surface area contributed by atoms with E-state index in [4.69, 9.17) is 0 Å². The van der Waals surface area contributed by atoms with Gasteiger partial charge >= 0.3 is 0 Å². The molecular weight excluding hydrogens is 258 g/mol. The molecule has 1 aromatic rings. The summed E-state index contributed by atoms with van der Waals surface area (Å²) in [5.41, 5.74) is 2.16. The topological polar surface area (TPSA) is 20.3 Å². The van der Waals surface area contributed by atoms with Gasteiger partial charge in [0.25, 0.3) is 0 Å². The molecule has 1 atom stereocenters. The van der Waals surface area contributed by atoms with Crippen LogP contribution in [0.2, 0.25) is 0 Å². The Morgan fingerprint density at radius 2 is 1.90 bits per heavy atom. The van der Waals surface area contributed by atoms with E-state index in [0.717, 1.165) is 24.6 Å². The van der Waals surface area contributed by atoms with Crippen LogP contribution >= 0.6 is 0 Å². The van der Waals surface area contributed by atoms with E-state index >= 15 is 0 Å². The van der Waals surface area contributed by atoms with E-state index < -0.39 is 0 Å². The number of benzene rings is 1. The second-order valence-electron chi connectivity index (χ2n) is 6.68. The quantitative estimate of drug-likeness (QED) is 0.743. The highest BCUT2D eigenvalue weighted by molar-refractivity contribution is 5.97. The zero-order valence-electron chi connectivity index (χ0n) is 13.8. The molecule has 0 amide bonds. The maximum absolute atomic E-state index is 12.4. The van der Waals surface area contributed by atoms with Gasteiger partial charge in [0.1, 0.15) is 0 Å². The molecule has 0 radical (unpaired) electrons. The molecule has 0 bridgehead atoms. The Morgan fingerprint density at radius 3 is 2.52 bits per heavy atom. The predicted molar refractivity (Wildman–Crippen MR) is 88.9 cm³/mol. The minimum absolute atomic E-state index is 0.264. The van der Waals surface area contributed by atoms with E-state index in [1.54, 1.807) is 0 Å². The fourth-order valence-electron chi connectivity index (χ4n) is 3.14. The number of ketones is 1. The van der Waals surface area contributed by atoms with Crippen molar-refractivity contribution in [2.24, 2.45) is 5.92 Å². The molecule has 1 fully saturated rings. The van der Waals surface area contributed by atoms with Gasteiger partial charge in [-0.05, 0) is 49.8 Å². The Kier molecular flexibility index (Phi) is 5.98. The number of likely N-dealkylation sites (tertiary alicyclic amines) is 1. The Balaban J connectivity index is 1.91. The molecule has 1 unspecified atom stereocenters. The van der Waals surface area contributed by atoms with E-state index in [1.807, 2.05) is 12.1 Å². The number of Topliss-reactive ketones (excluding diaryl/α,β-unsaturated/α-hetero) is 1. The second kappa shape index (κ2) is 7.74. The highest BCUT2D eigenvalue weighted by Crippen LogP contribution is 2.20. The first-order valence-electron chi connectivity index (χ1n) is 8.45. The van der Waals surface area contributed by atoms with Crippen molar-refractivity contribution in [2.45, 2.75) is 52.4 Å². The number of carbonyl (C=O) groups excluding carboxylic acids is 1. The molecule has 0 spiro atoms.